The number of rotatable bonds is 6. The maximum absolute atomic E-state index is 13.5. The third-order valence-corrected chi connectivity index (χ3v) is 2.26. The molecule has 0 spiro atoms. The number of halogens is 1. The molecule has 0 rings (SSSR count). The summed E-state index contributed by atoms with van der Waals surface area (Å²) in [5.41, 5.74) is -0.553. The van der Waals surface area contributed by atoms with Gasteiger partial charge in [-0.2, -0.15) is 0 Å². The number of carbonyl (C=O) groups excluding carboxylic acids is 2. The molecule has 0 saturated carbocycles. The Labute approximate surface area is 108 Å². The lowest BCUT2D eigenvalue weighted by molar-refractivity contribution is -0.127. The predicted molar refractivity (Wildman–Crippen MR) is 68.2 cm³/mol. The largest absolute Gasteiger partial charge is 0.449 e. The van der Waals surface area contributed by atoms with Crippen molar-refractivity contribution < 1.29 is 18.7 Å². The first-order chi connectivity index (χ1) is 8.12. The van der Waals surface area contributed by atoms with Crippen molar-refractivity contribution in [3.8, 4) is 0 Å². The molecule has 1 atom stereocenters. The van der Waals surface area contributed by atoms with Gasteiger partial charge < -0.3 is 10.1 Å². The van der Waals surface area contributed by atoms with Crippen LogP contribution < -0.4 is 5.32 Å². The zero-order valence-corrected chi connectivity index (χ0v) is 11.9. The molecule has 5 heteroatoms. The molecule has 0 saturated heterocycles. The van der Waals surface area contributed by atoms with Crippen LogP contribution in [0.15, 0.2) is 0 Å². The van der Waals surface area contributed by atoms with Crippen molar-refractivity contribution in [1.82, 2.24) is 5.32 Å². The first-order valence-electron chi connectivity index (χ1n) is 6.21. The average Bonchev–Trinajstić information content (AvgIpc) is 2.22. The summed E-state index contributed by atoms with van der Waals surface area (Å²) in [6.07, 6.45) is -2.20. The molecule has 0 aliphatic heterocycles. The van der Waals surface area contributed by atoms with Gasteiger partial charge in [0.15, 0.2) is 0 Å². The number of alkyl carbamates (subject to hydrolysis) is 1. The van der Waals surface area contributed by atoms with Crippen LogP contribution in [0.3, 0.4) is 0 Å². The average molecular weight is 261 g/mol. The van der Waals surface area contributed by atoms with Crippen molar-refractivity contribution in [3.63, 3.8) is 0 Å². The van der Waals surface area contributed by atoms with Crippen LogP contribution in [0.5, 0.6) is 0 Å². The second kappa shape index (κ2) is 7.34. The van der Waals surface area contributed by atoms with E-state index in [1.807, 2.05) is 13.8 Å². The van der Waals surface area contributed by atoms with E-state index < -0.39 is 17.7 Å². The molecular weight excluding hydrogens is 237 g/mol. The number of carbonyl (C=O) groups is 2. The van der Waals surface area contributed by atoms with Crippen LogP contribution in [0.4, 0.5) is 9.18 Å². The molecule has 4 nitrogen and oxygen atoms in total. The molecule has 0 aromatic heterocycles. The van der Waals surface area contributed by atoms with Gasteiger partial charge in [-0.15, -0.1) is 0 Å². The van der Waals surface area contributed by atoms with Crippen molar-refractivity contribution in [3.05, 3.63) is 0 Å². The molecular formula is C13H24FNO3. The van der Waals surface area contributed by atoms with Gasteiger partial charge in [0.25, 0.3) is 0 Å². The van der Waals surface area contributed by atoms with Crippen LogP contribution in [-0.4, -0.2) is 31.2 Å². The Morgan fingerprint density at radius 2 is 1.83 bits per heavy atom. The highest BCUT2D eigenvalue weighted by Gasteiger charge is 2.24. The minimum absolute atomic E-state index is 0.160. The maximum Gasteiger partial charge on any atom is 0.407 e. The van der Waals surface area contributed by atoms with E-state index in [1.165, 1.54) is 0 Å². The standard InChI is InChI=1S/C13H24FNO3/c1-9(2)8-18-12(17)15-7-10(14)6-11(16)13(3,4)5/h9-10H,6-8H2,1-5H3,(H,15,17)/t10-/m0/s1. The molecule has 0 radical (unpaired) electrons. The van der Waals surface area contributed by atoms with Gasteiger partial charge in [-0.25, -0.2) is 9.18 Å². The van der Waals surface area contributed by atoms with E-state index in [2.05, 4.69) is 5.32 Å². The molecule has 0 fully saturated rings. The summed E-state index contributed by atoms with van der Waals surface area (Å²) < 4.78 is 18.3. The zero-order valence-electron chi connectivity index (χ0n) is 11.9. The molecule has 0 heterocycles. The fourth-order valence-corrected chi connectivity index (χ4v) is 1.07. The topological polar surface area (TPSA) is 55.4 Å². The number of ether oxygens (including phenoxy) is 1. The lowest BCUT2D eigenvalue weighted by Crippen LogP contribution is -2.34. The van der Waals surface area contributed by atoms with Gasteiger partial charge in [-0.1, -0.05) is 34.6 Å². The number of amides is 1. The number of ketones is 1. The van der Waals surface area contributed by atoms with E-state index in [0.29, 0.717) is 6.61 Å². The lowest BCUT2D eigenvalue weighted by atomic mass is 9.88. The summed E-state index contributed by atoms with van der Waals surface area (Å²) in [6.45, 7) is 9.15. The second-order valence-corrected chi connectivity index (χ2v) is 5.85. The zero-order chi connectivity index (χ0) is 14.3. The SMILES string of the molecule is CC(C)COC(=O)NC[C@@H](F)CC(=O)C(C)(C)C. The second-order valence-electron chi connectivity index (χ2n) is 5.85. The van der Waals surface area contributed by atoms with Crippen molar-refractivity contribution in [2.24, 2.45) is 11.3 Å². The first kappa shape index (κ1) is 16.9. The molecule has 0 unspecified atom stereocenters. The van der Waals surface area contributed by atoms with Gasteiger partial charge in [0.2, 0.25) is 0 Å². The summed E-state index contributed by atoms with van der Waals surface area (Å²) in [7, 11) is 0. The van der Waals surface area contributed by atoms with E-state index in [0.717, 1.165) is 0 Å². The van der Waals surface area contributed by atoms with Gasteiger partial charge >= 0.3 is 6.09 Å². The van der Waals surface area contributed by atoms with Crippen molar-refractivity contribution >= 4 is 11.9 Å². The Morgan fingerprint density at radius 1 is 1.28 bits per heavy atom. The fraction of sp³-hybridized carbons (Fsp3) is 0.846. The minimum Gasteiger partial charge on any atom is -0.449 e. The van der Waals surface area contributed by atoms with Crippen molar-refractivity contribution in [2.45, 2.75) is 47.2 Å². The van der Waals surface area contributed by atoms with Gasteiger partial charge in [0.1, 0.15) is 12.0 Å². The monoisotopic (exact) mass is 261 g/mol. The van der Waals surface area contributed by atoms with E-state index >= 15 is 0 Å². The third kappa shape index (κ3) is 8.03. The molecule has 0 bridgehead atoms. The van der Waals surface area contributed by atoms with Crippen LogP contribution in [0, 0.1) is 11.3 Å². The Balaban J connectivity index is 3.87. The Bertz CT molecular complexity index is 284. The molecule has 1 N–H and O–H groups in total. The van der Waals surface area contributed by atoms with E-state index in [1.54, 1.807) is 20.8 Å². The van der Waals surface area contributed by atoms with Gasteiger partial charge in [-0.05, 0) is 5.92 Å². The lowest BCUT2D eigenvalue weighted by Gasteiger charge is -2.18. The maximum atomic E-state index is 13.5. The Kier molecular flexibility index (Phi) is 6.88. The highest BCUT2D eigenvalue weighted by atomic mass is 19.1. The summed E-state index contributed by atoms with van der Waals surface area (Å²) in [6, 6.07) is 0. The first-order valence-corrected chi connectivity index (χ1v) is 6.21. The number of alkyl halides is 1. The highest BCUT2D eigenvalue weighted by molar-refractivity contribution is 5.84. The summed E-state index contributed by atoms with van der Waals surface area (Å²) >= 11 is 0. The predicted octanol–water partition coefficient (Wildman–Crippen LogP) is 2.71. The normalized spacial score (nSPS) is 13.3. The number of hydrogen-bond acceptors (Lipinski definition) is 3. The molecule has 1 amide bonds. The number of hydrogen-bond donors (Lipinski definition) is 1. The van der Waals surface area contributed by atoms with Gasteiger partial charge in [-0.3, -0.25) is 4.79 Å². The van der Waals surface area contributed by atoms with E-state index in [4.69, 9.17) is 4.74 Å². The summed E-state index contributed by atoms with van der Waals surface area (Å²) in [5.74, 6) is 0.0757. The fourth-order valence-electron chi connectivity index (χ4n) is 1.07. The Hall–Kier alpha value is -1.13. The minimum atomic E-state index is -1.37. The molecule has 18 heavy (non-hydrogen) atoms. The van der Waals surface area contributed by atoms with Crippen LogP contribution >= 0.6 is 0 Å². The van der Waals surface area contributed by atoms with E-state index in [-0.39, 0.29) is 24.7 Å². The van der Waals surface area contributed by atoms with E-state index in [9.17, 15) is 14.0 Å². The molecule has 0 aliphatic rings. The summed E-state index contributed by atoms with van der Waals surface area (Å²) in [4.78, 5) is 22.7. The molecule has 0 aromatic carbocycles. The van der Waals surface area contributed by atoms with Crippen molar-refractivity contribution in [1.29, 1.82) is 0 Å². The Morgan fingerprint density at radius 3 is 2.28 bits per heavy atom. The van der Waals surface area contributed by atoms with Gasteiger partial charge in [0, 0.05) is 11.8 Å². The van der Waals surface area contributed by atoms with Gasteiger partial charge in [0.05, 0.1) is 13.2 Å². The van der Waals surface area contributed by atoms with Crippen LogP contribution in [0.1, 0.15) is 41.0 Å². The molecule has 106 valence electrons. The van der Waals surface area contributed by atoms with Crippen LogP contribution in [0.25, 0.3) is 0 Å². The van der Waals surface area contributed by atoms with Crippen LogP contribution in [-0.2, 0) is 9.53 Å². The number of nitrogens with one attached hydrogen (secondary N) is 1. The molecule has 0 aliphatic carbocycles. The number of Topliss-reactive ketones (excluding diaryl/α,β-unsaturated/α-hetero) is 1. The van der Waals surface area contributed by atoms with Crippen molar-refractivity contribution in [2.75, 3.05) is 13.2 Å². The third-order valence-electron chi connectivity index (χ3n) is 2.26. The quantitative estimate of drug-likeness (QED) is 0.799. The summed E-state index contributed by atoms with van der Waals surface area (Å²) in [5, 5.41) is 2.31. The molecule has 0 aromatic rings. The smallest absolute Gasteiger partial charge is 0.407 e. The van der Waals surface area contributed by atoms with Crippen LogP contribution in [0.2, 0.25) is 0 Å². The highest BCUT2D eigenvalue weighted by Crippen LogP contribution is 2.18.